The van der Waals surface area contributed by atoms with Crippen molar-refractivity contribution in [2.45, 2.75) is 52.9 Å². The third-order valence-electron chi connectivity index (χ3n) is 2.11. The topological polar surface area (TPSA) is 75.9 Å². The van der Waals surface area contributed by atoms with Gasteiger partial charge in [0.2, 0.25) is 12.2 Å². The third kappa shape index (κ3) is 26.2. The van der Waals surface area contributed by atoms with Gasteiger partial charge in [-0.05, 0) is 25.7 Å². The number of unbranched alkanes of at least 4 members (excludes halogenated alkanes) is 3. The standard InChI is InChI=1S/C8H12N2O2.C6H12O/c11-7-9-5-3-1-2-4-6-10-8-12;1-5(2)4-6(3)7/h1-6H2;5H,4H2,1-3H3. The van der Waals surface area contributed by atoms with Gasteiger partial charge in [-0.2, -0.15) is 0 Å². The number of rotatable bonds is 9. The van der Waals surface area contributed by atoms with Crippen LogP contribution in [-0.4, -0.2) is 31.0 Å². The molecule has 0 saturated carbocycles. The lowest BCUT2D eigenvalue weighted by atomic mass is 10.1. The fourth-order valence-electron chi connectivity index (χ4n) is 1.40. The highest BCUT2D eigenvalue weighted by Crippen LogP contribution is 1.99. The molecule has 0 bridgehead atoms. The number of carbonyl (C=O) groups is 1. The number of carbonyl (C=O) groups excluding carboxylic acids is 3. The van der Waals surface area contributed by atoms with Crippen LogP contribution in [0.1, 0.15) is 52.9 Å². The van der Waals surface area contributed by atoms with Gasteiger partial charge in [0.05, 0.1) is 13.1 Å². The zero-order chi connectivity index (χ0) is 14.9. The first-order chi connectivity index (χ1) is 9.04. The molecule has 0 aliphatic heterocycles. The van der Waals surface area contributed by atoms with E-state index in [1.165, 1.54) is 12.2 Å². The largest absolute Gasteiger partial charge is 0.300 e. The molecule has 19 heavy (non-hydrogen) atoms. The molecule has 0 aliphatic rings. The minimum Gasteiger partial charge on any atom is -0.300 e. The first-order valence-electron chi connectivity index (χ1n) is 6.61. The Morgan fingerprint density at radius 3 is 1.58 bits per heavy atom. The average Bonchev–Trinajstić information content (AvgIpc) is 2.32. The summed E-state index contributed by atoms with van der Waals surface area (Å²) < 4.78 is 0. The van der Waals surface area contributed by atoms with Crippen molar-refractivity contribution in [3.8, 4) is 0 Å². The highest BCUT2D eigenvalue weighted by atomic mass is 16.1. The average molecular weight is 268 g/mol. The monoisotopic (exact) mass is 268 g/mol. The summed E-state index contributed by atoms with van der Waals surface area (Å²) in [5.74, 6) is 0.813. The molecule has 5 nitrogen and oxygen atoms in total. The second-order valence-corrected chi connectivity index (χ2v) is 4.66. The van der Waals surface area contributed by atoms with E-state index in [0.29, 0.717) is 19.0 Å². The van der Waals surface area contributed by atoms with Crippen molar-refractivity contribution < 1.29 is 14.4 Å². The van der Waals surface area contributed by atoms with Gasteiger partial charge in [0, 0.05) is 6.42 Å². The fraction of sp³-hybridized carbons (Fsp3) is 0.786. The van der Waals surface area contributed by atoms with Crippen LogP contribution in [0.25, 0.3) is 0 Å². The van der Waals surface area contributed by atoms with Gasteiger partial charge in [-0.3, -0.25) is 0 Å². The molecular formula is C14H24N2O3. The Bertz CT molecular complexity index is 293. The van der Waals surface area contributed by atoms with Gasteiger partial charge in [0.15, 0.2) is 0 Å². The van der Waals surface area contributed by atoms with Gasteiger partial charge < -0.3 is 4.79 Å². The smallest absolute Gasteiger partial charge is 0.234 e. The molecule has 0 amide bonds. The summed E-state index contributed by atoms with van der Waals surface area (Å²) in [5.41, 5.74) is 0. The van der Waals surface area contributed by atoms with Crippen molar-refractivity contribution in [2.75, 3.05) is 13.1 Å². The second kappa shape index (κ2) is 16.4. The number of hydrogen-bond acceptors (Lipinski definition) is 5. The summed E-state index contributed by atoms with van der Waals surface area (Å²) >= 11 is 0. The minimum atomic E-state index is 0.287. The molecule has 5 heteroatoms. The lowest BCUT2D eigenvalue weighted by molar-refractivity contribution is -0.117. The number of aliphatic imine (C=N–C) groups is 2. The zero-order valence-corrected chi connectivity index (χ0v) is 12.1. The molecule has 0 aromatic rings. The van der Waals surface area contributed by atoms with Gasteiger partial charge in [-0.1, -0.05) is 26.7 Å². The first kappa shape index (κ1) is 19.8. The molecule has 0 spiro atoms. The minimum absolute atomic E-state index is 0.287. The SMILES string of the molecule is CC(=O)CC(C)C.O=C=NCCCCCCN=C=O. The molecule has 0 rings (SSSR count). The summed E-state index contributed by atoms with van der Waals surface area (Å²) in [6, 6.07) is 0. The van der Waals surface area contributed by atoms with Crippen molar-refractivity contribution in [3.05, 3.63) is 0 Å². The van der Waals surface area contributed by atoms with Gasteiger partial charge >= 0.3 is 0 Å². The maximum Gasteiger partial charge on any atom is 0.234 e. The molecule has 0 heterocycles. The van der Waals surface area contributed by atoms with Crippen LogP contribution < -0.4 is 0 Å². The summed E-state index contributed by atoms with van der Waals surface area (Å²) in [4.78, 5) is 36.3. The number of isocyanates is 2. The van der Waals surface area contributed by atoms with Crippen LogP contribution >= 0.6 is 0 Å². The summed E-state index contributed by atoms with van der Waals surface area (Å²) in [7, 11) is 0. The van der Waals surface area contributed by atoms with Crippen LogP contribution in [0.5, 0.6) is 0 Å². The van der Waals surface area contributed by atoms with Gasteiger partial charge in [0.1, 0.15) is 5.78 Å². The van der Waals surface area contributed by atoms with Gasteiger partial charge in [0.25, 0.3) is 0 Å². The highest BCUT2D eigenvalue weighted by Gasteiger charge is 1.95. The number of hydrogen-bond donors (Lipinski definition) is 0. The Hall–Kier alpha value is -1.57. The van der Waals surface area contributed by atoms with E-state index >= 15 is 0 Å². The van der Waals surface area contributed by atoms with Crippen LogP contribution in [0.2, 0.25) is 0 Å². The molecule has 0 N–H and O–H groups in total. The predicted octanol–water partition coefficient (Wildman–Crippen LogP) is 2.84. The number of nitrogens with zero attached hydrogens (tertiary/aromatic N) is 2. The normalized spacial score (nSPS) is 8.84. The van der Waals surface area contributed by atoms with Gasteiger partial charge in [-0.15, -0.1) is 0 Å². The molecule has 0 aromatic heterocycles. The lowest BCUT2D eigenvalue weighted by Crippen LogP contribution is -1.95. The number of ketones is 1. The van der Waals surface area contributed by atoms with Crippen molar-refractivity contribution in [2.24, 2.45) is 15.9 Å². The molecule has 0 aliphatic carbocycles. The molecular weight excluding hydrogens is 244 g/mol. The van der Waals surface area contributed by atoms with Crippen LogP contribution in [0.4, 0.5) is 0 Å². The molecule has 0 fully saturated rings. The highest BCUT2D eigenvalue weighted by molar-refractivity contribution is 5.75. The summed E-state index contributed by atoms with van der Waals surface area (Å²) in [6.07, 6.45) is 7.52. The van der Waals surface area contributed by atoms with Crippen molar-refractivity contribution in [1.29, 1.82) is 0 Å². The maximum atomic E-state index is 10.3. The van der Waals surface area contributed by atoms with Crippen LogP contribution in [0, 0.1) is 5.92 Å². The molecule has 0 aromatic carbocycles. The Morgan fingerprint density at radius 2 is 1.37 bits per heavy atom. The Labute approximate surface area is 115 Å². The van der Waals surface area contributed by atoms with E-state index in [4.69, 9.17) is 0 Å². The summed E-state index contributed by atoms with van der Waals surface area (Å²) in [5, 5.41) is 0. The Balaban J connectivity index is 0. The molecule has 0 saturated heterocycles. The van der Waals surface area contributed by atoms with Crippen LogP contribution in [0.15, 0.2) is 9.98 Å². The molecule has 0 radical (unpaired) electrons. The van der Waals surface area contributed by atoms with E-state index in [0.717, 1.165) is 32.1 Å². The van der Waals surface area contributed by atoms with E-state index < -0.39 is 0 Å². The van der Waals surface area contributed by atoms with E-state index in [2.05, 4.69) is 9.98 Å². The van der Waals surface area contributed by atoms with Gasteiger partial charge in [-0.25, -0.2) is 19.6 Å². The van der Waals surface area contributed by atoms with Crippen molar-refractivity contribution in [3.63, 3.8) is 0 Å². The third-order valence-corrected chi connectivity index (χ3v) is 2.11. The van der Waals surface area contributed by atoms with E-state index in [1.54, 1.807) is 6.92 Å². The Morgan fingerprint density at radius 1 is 0.947 bits per heavy atom. The first-order valence-corrected chi connectivity index (χ1v) is 6.61. The number of Topliss-reactive ketones (excluding diaryl/α,β-unsaturated/α-hetero) is 1. The van der Waals surface area contributed by atoms with Crippen LogP contribution in [0.3, 0.4) is 0 Å². The van der Waals surface area contributed by atoms with Crippen molar-refractivity contribution in [1.82, 2.24) is 0 Å². The van der Waals surface area contributed by atoms with E-state index in [9.17, 15) is 14.4 Å². The Kier molecular flexibility index (Phi) is 17.1. The summed E-state index contributed by atoms with van der Waals surface area (Å²) in [6.45, 7) is 6.82. The second-order valence-electron chi connectivity index (χ2n) is 4.66. The zero-order valence-electron chi connectivity index (χ0n) is 12.1. The molecule has 0 atom stereocenters. The van der Waals surface area contributed by atoms with E-state index in [1.807, 2.05) is 13.8 Å². The van der Waals surface area contributed by atoms with E-state index in [-0.39, 0.29) is 5.78 Å². The molecule has 108 valence electrons. The molecule has 0 unspecified atom stereocenters. The fourth-order valence-corrected chi connectivity index (χ4v) is 1.40. The maximum absolute atomic E-state index is 10.3. The quantitative estimate of drug-likeness (QED) is 0.366. The lowest BCUT2D eigenvalue weighted by Gasteiger charge is -1.95. The predicted molar refractivity (Wildman–Crippen MR) is 74.6 cm³/mol. The van der Waals surface area contributed by atoms with Crippen molar-refractivity contribution >= 4 is 17.9 Å². The van der Waals surface area contributed by atoms with Crippen LogP contribution in [-0.2, 0) is 14.4 Å².